The van der Waals surface area contributed by atoms with E-state index in [1.807, 2.05) is 25.2 Å². The van der Waals surface area contributed by atoms with Gasteiger partial charge in [-0.1, -0.05) is 45.7 Å². The molecule has 2 aromatic carbocycles. The van der Waals surface area contributed by atoms with Crippen molar-refractivity contribution in [2.24, 2.45) is 5.73 Å². The highest BCUT2D eigenvalue weighted by Gasteiger charge is 2.08. The van der Waals surface area contributed by atoms with E-state index in [1.54, 1.807) is 0 Å². The van der Waals surface area contributed by atoms with E-state index in [0.29, 0.717) is 6.54 Å². The second-order valence-corrected chi connectivity index (χ2v) is 6.13. The number of rotatable bonds is 5. The van der Waals surface area contributed by atoms with Crippen LogP contribution in [0.1, 0.15) is 11.1 Å². The Bertz CT molecular complexity index is 586. The van der Waals surface area contributed by atoms with E-state index >= 15 is 0 Å². The number of halogens is 2. The molecule has 0 fully saturated rings. The van der Waals surface area contributed by atoms with Gasteiger partial charge in [0.25, 0.3) is 0 Å². The molecule has 2 nitrogen and oxygen atoms in total. The van der Waals surface area contributed by atoms with Gasteiger partial charge in [-0.25, -0.2) is 0 Å². The van der Waals surface area contributed by atoms with Crippen molar-refractivity contribution in [1.82, 2.24) is 0 Å². The summed E-state index contributed by atoms with van der Waals surface area (Å²) in [5.74, 6) is 0. The molecule has 0 heterocycles. The molecular formula is C16H18BrClN2. The van der Waals surface area contributed by atoms with E-state index < -0.39 is 0 Å². The number of nitrogens with zero attached hydrogens (tertiary/aromatic N) is 1. The third-order valence-corrected chi connectivity index (χ3v) is 3.96. The van der Waals surface area contributed by atoms with Gasteiger partial charge in [-0.2, -0.15) is 0 Å². The first-order valence-corrected chi connectivity index (χ1v) is 7.71. The molecule has 20 heavy (non-hydrogen) atoms. The molecule has 0 aliphatic rings. The summed E-state index contributed by atoms with van der Waals surface area (Å²) in [5, 5.41) is 0.772. The lowest BCUT2D eigenvalue weighted by Crippen LogP contribution is -2.17. The summed E-state index contributed by atoms with van der Waals surface area (Å²) in [5.41, 5.74) is 9.02. The molecule has 0 amide bonds. The highest BCUT2D eigenvalue weighted by atomic mass is 79.9. The van der Waals surface area contributed by atoms with E-state index in [2.05, 4.69) is 45.1 Å². The maximum absolute atomic E-state index is 6.37. The fourth-order valence-electron chi connectivity index (χ4n) is 2.18. The Balaban J connectivity index is 2.14. The van der Waals surface area contributed by atoms with Crippen molar-refractivity contribution in [1.29, 1.82) is 0 Å². The summed E-state index contributed by atoms with van der Waals surface area (Å²) < 4.78 is 1.09. The molecule has 0 aromatic heterocycles. The minimum atomic E-state index is 0.642. The monoisotopic (exact) mass is 352 g/mol. The number of benzene rings is 2. The second kappa shape index (κ2) is 7.11. The van der Waals surface area contributed by atoms with Crippen LogP contribution in [0.25, 0.3) is 0 Å². The standard InChI is InChI=1S/C16H18BrClN2/c1-20(11-13-3-2-4-14(17)9-13)16-6-5-12(7-8-19)10-15(16)18/h2-6,9-10H,7-8,11,19H2,1H3. The molecule has 0 atom stereocenters. The first-order chi connectivity index (χ1) is 9.60. The smallest absolute Gasteiger partial charge is 0.0642 e. The predicted molar refractivity (Wildman–Crippen MR) is 90.5 cm³/mol. The van der Waals surface area contributed by atoms with Crippen molar-refractivity contribution in [3.63, 3.8) is 0 Å². The van der Waals surface area contributed by atoms with Crippen LogP contribution in [-0.2, 0) is 13.0 Å². The molecule has 0 saturated heterocycles. The van der Waals surface area contributed by atoms with Gasteiger partial charge in [-0.05, 0) is 48.4 Å². The molecule has 2 aromatic rings. The summed E-state index contributed by atoms with van der Waals surface area (Å²) in [6.07, 6.45) is 0.856. The first kappa shape index (κ1) is 15.4. The number of hydrogen-bond acceptors (Lipinski definition) is 2. The maximum atomic E-state index is 6.37. The van der Waals surface area contributed by atoms with Crippen LogP contribution in [0.3, 0.4) is 0 Å². The molecule has 0 aliphatic heterocycles. The number of nitrogens with two attached hydrogens (primary N) is 1. The van der Waals surface area contributed by atoms with Crippen molar-refractivity contribution in [2.75, 3.05) is 18.5 Å². The summed E-state index contributed by atoms with van der Waals surface area (Å²) in [6, 6.07) is 14.4. The van der Waals surface area contributed by atoms with Crippen molar-refractivity contribution in [2.45, 2.75) is 13.0 Å². The SMILES string of the molecule is CN(Cc1cccc(Br)c1)c1ccc(CCN)cc1Cl. The lowest BCUT2D eigenvalue weighted by atomic mass is 10.1. The zero-order valence-corrected chi connectivity index (χ0v) is 13.8. The second-order valence-electron chi connectivity index (χ2n) is 4.81. The van der Waals surface area contributed by atoms with Crippen LogP contribution in [0.15, 0.2) is 46.9 Å². The van der Waals surface area contributed by atoms with Crippen LogP contribution in [0.2, 0.25) is 5.02 Å². The zero-order valence-electron chi connectivity index (χ0n) is 11.4. The van der Waals surface area contributed by atoms with Gasteiger partial charge in [-0.15, -0.1) is 0 Å². The van der Waals surface area contributed by atoms with Gasteiger partial charge < -0.3 is 10.6 Å². The Kier molecular flexibility index (Phi) is 5.46. The van der Waals surface area contributed by atoms with Gasteiger partial charge in [0.1, 0.15) is 0 Å². The van der Waals surface area contributed by atoms with Gasteiger partial charge in [0.2, 0.25) is 0 Å². The maximum Gasteiger partial charge on any atom is 0.0642 e. The molecule has 0 bridgehead atoms. The highest BCUT2D eigenvalue weighted by molar-refractivity contribution is 9.10. The number of anilines is 1. The Morgan fingerprint density at radius 2 is 1.95 bits per heavy atom. The fraction of sp³-hybridized carbons (Fsp3) is 0.250. The van der Waals surface area contributed by atoms with Crippen LogP contribution in [0.5, 0.6) is 0 Å². The van der Waals surface area contributed by atoms with Crippen LogP contribution < -0.4 is 10.6 Å². The minimum absolute atomic E-state index is 0.642. The molecule has 4 heteroatoms. The highest BCUT2D eigenvalue weighted by Crippen LogP contribution is 2.27. The molecule has 0 spiro atoms. The van der Waals surface area contributed by atoms with E-state index in [9.17, 15) is 0 Å². The first-order valence-electron chi connectivity index (χ1n) is 6.54. The summed E-state index contributed by atoms with van der Waals surface area (Å²) in [7, 11) is 2.05. The average molecular weight is 354 g/mol. The van der Waals surface area contributed by atoms with E-state index in [1.165, 1.54) is 11.1 Å². The van der Waals surface area contributed by atoms with Gasteiger partial charge in [0, 0.05) is 18.1 Å². The summed E-state index contributed by atoms with van der Waals surface area (Å²) in [4.78, 5) is 2.15. The van der Waals surface area contributed by atoms with Crippen LogP contribution in [-0.4, -0.2) is 13.6 Å². The predicted octanol–water partition coefficient (Wildman–Crippen LogP) is 4.24. The molecule has 106 valence electrons. The van der Waals surface area contributed by atoms with Gasteiger partial charge in [0.15, 0.2) is 0 Å². The van der Waals surface area contributed by atoms with E-state index in [-0.39, 0.29) is 0 Å². The van der Waals surface area contributed by atoms with E-state index in [0.717, 1.165) is 28.1 Å². The largest absolute Gasteiger partial charge is 0.369 e. The molecule has 2 rings (SSSR count). The van der Waals surface area contributed by atoms with Gasteiger partial charge in [-0.3, -0.25) is 0 Å². The summed E-state index contributed by atoms with van der Waals surface area (Å²) >= 11 is 9.86. The molecule has 0 unspecified atom stereocenters. The molecule has 0 radical (unpaired) electrons. The van der Waals surface area contributed by atoms with Gasteiger partial charge in [0.05, 0.1) is 10.7 Å². The van der Waals surface area contributed by atoms with Gasteiger partial charge >= 0.3 is 0 Å². The van der Waals surface area contributed by atoms with E-state index in [4.69, 9.17) is 17.3 Å². The third-order valence-electron chi connectivity index (χ3n) is 3.17. The third kappa shape index (κ3) is 3.98. The van der Waals surface area contributed by atoms with Crippen molar-refractivity contribution >= 4 is 33.2 Å². The quantitative estimate of drug-likeness (QED) is 0.871. The van der Waals surface area contributed by atoms with Crippen LogP contribution in [0.4, 0.5) is 5.69 Å². The zero-order chi connectivity index (χ0) is 14.5. The Morgan fingerprint density at radius 3 is 2.60 bits per heavy atom. The van der Waals surface area contributed by atoms with Crippen molar-refractivity contribution in [3.05, 3.63) is 63.1 Å². The number of hydrogen-bond donors (Lipinski definition) is 1. The molecular weight excluding hydrogens is 336 g/mol. The van der Waals surface area contributed by atoms with Crippen LogP contribution in [0, 0.1) is 0 Å². The average Bonchev–Trinajstić information content (AvgIpc) is 2.39. The topological polar surface area (TPSA) is 29.3 Å². The Labute approximate surface area is 133 Å². The minimum Gasteiger partial charge on any atom is -0.369 e. The normalized spacial score (nSPS) is 10.6. The van der Waals surface area contributed by atoms with Crippen LogP contribution >= 0.6 is 27.5 Å². The molecule has 0 aliphatic carbocycles. The lowest BCUT2D eigenvalue weighted by Gasteiger charge is -2.21. The summed E-state index contributed by atoms with van der Waals surface area (Å²) in [6.45, 7) is 1.46. The molecule has 2 N–H and O–H groups in total. The fourth-order valence-corrected chi connectivity index (χ4v) is 2.97. The lowest BCUT2D eigenvalue weighted by molar-refractivity contribution is 0.918. The Morgan fingerprint density at radius 1 is 1.15 bits per heavy atom. The Hall–Kier alpha value is -1.03. The van der Waals surface area contributed by atoms with Crippen molar-refractivity contribution in [3.8, 4) is 0 Å². The van der Waals surface area contributed by atoms with Crippen molar-refractivity contribution < 1.29 is 0 Å². The molecule has 0 saturated carbocycles.